The summed E-state index contributed by atoms with van der Waals surface area (Å²) in [7, 11) is 1.82. The third kappa shape index (κ3) is 2.89. The predicted octanol–water partition coefficient (Wildman–Crippen LogP) is 2.31. The number of methoxy groups -OCH3 is 1. The van der Waals surface area contributed by atoms with Crippen LogP contribution in [0.15, 0.2) is 29.2 Å². The molecule has 1 aromatic rings. The van der Waals surface area contributed by atoms with Gasteiger partial charge in [0.05, 0.1) is 6.10 Å². The Bertz CT molecular complexity index is 454. The van der Waals surface area contributed by atoms with Gasteiger partial charge in [0.2, 0.25) is 0 Å². The van der Waals surface area contributed by atoms with Crippen molar-refractivity contribution < 1.29 is 4.74 Å². The fourth-order valence-corrected chi connectivity index (χ4v) is 4.67. The van der Waals surface area contributed by atoms with E-state index in [2.05, 4.69) is 29.2 Å². The van der Waals surface area contributed by atoms with Crippen molar-refractivity contribution >= 4 is 11.8 Å². The second-order valence-corrected chi connectivity index (χ2v) is 6.87. The van der Waals surface area contributed by atoms with E-state index in [9.17, 15) is 0 Å². The van der Waals surface area contributed by atoms with Crippen LogP contribution in [-0.2, 0) is 4.74 Å². The van der Waals surface area contributed by atoms with Crippen molar-refractivity contribution in [3.05, 3.63) is 29.8 Å². The molecular weight excluding hydrogens is 268 g/mol. The number of likely N-dealkylation sites (tertiary alicyclic amines) is 1. The molecule has 3 nitrogen and oxygen atoms in total. The van der Waals surface area contributed by atoms with Crippen LogP contribution in [0.3, 0.4) is 0 Å². The Labute approximate surface area is 125 Å². The molecule has 1 aromatic carbocycles. The number of benzene rings is 1. The summed E-state index contributed by atoms with van der Waals surface area (Å²) in [6, 6.07) is 9.32. The number of thioether (sulfide) groups is 1. The number of nitrogens with two attached hydrogens (primary N) is 1. The average Bonchev–Trinajstić information content (AvgIpc) is 2.91. The molecule has 2 aliphatic rings. The molecule has 0 spiro atoms. The summed E-state index contributed by atoms with van der Waals surface area (Å²) in [4.78, 5) is 4.05. The molecule has 0 aromatic heterocycles. The molecular formula is C16H24N2OS. The lowest BCUT2D eigenvalue weighted by molar-refractivity contribution is 0.0118. The van der Waals surface area contributed by atoms with Gasteiger partial charge in [-0.3, -0.25) is 4.90 Å². The summed E-state index contributed by atoms with van der Waals surface area (Å²) >= 11 is 2.00. The maximum atomic E-state index is 5.98. The molecule has 0 aliphatic carbocycles. The highest BCUT2D eigenvalue weighted by Crippen LogP contribution is 2.40. The maximum Gasteiger partial charge on any atom is 0.0599 e. The summed E-state index contributed by atoms with van der Waals surface area (Å²) in [5, 5.41) is 0. The molecule has 20 heavy (non-hydrogen) atoms. The first kappa shape index (κ1) is 14.4. The lowest BCUT2D eigenvalue weighted by Crippen LogP contribution is -2.49. The van der Waals surface area contributed by atoms with Crippen LogP contribution >= 0.6 is 11.8 Å². The molecule has 110 valence electrons. The predicted molar refractivity (Wildman–Crippen MR) is 84.4 cm³/mol. The third-order valence-corrected chi connectivity index (χ3v) is 5.90. The van der Waals surface area contributed by atoms with Crippen LogP contribution in [0, 0.1) is 0 Å². The van der Waals surface area contributed by atoms with Crippen molar-refractivity contribution in [3.8, 4) is 0 Å². The van der Waals surface area contributed by atoms with Crippen LogP contribution < -0.4 is 5.73 Å². The van der Waals surface area contributed by atoms with E-state index in [1.165, 1.54) is 16.2 Å². The number of hydrogen-bond donors (Lipinski definition) is 1. The van der Waals surface area contributed by atoms with Gasteiger partial charge in [0, 0.05) is 49.4 Å². The highest BCUT2D eigenvalue weighted by molar-refractivity contribution is 7.99. The first-order valence-electron chi connectivity index (χ1n) is 7.50. The molecule has 4 heteroatoms. The lowest BCUT2D eigenvalue weighted by atomic mass is 9.95. The minimum Gasteiger partial charge on any atom is -0.381 e. The Morgan fingerprint density at radius 2 is 2.25 bits per heavy atom. The zero-order chi connectivity index (χ0) is 13.9. The Kier molecular flexibility index (Phi) is 4.66. The molecule has 1 saturated heterocycles. The molecule has 2 N–H and O–H groups in total. The van der Waals surface area contributed by atoms with Crippen LogP contribution in [-0.4, -0.2) is 49.5 Å². The largest absolute Gasteiger partial charge is 0.381 e. The van der Waals surface area contributed by atoms with Gasteiger partial charge in [0.15, 0.2) is 0 Å². The highest BCUT2D eigenvalue weighted by atomic mass is 32.2. The summed E-state index contributed by atoms with van der Waals surface area (Å²) in [6.45, 7) is 2.99. The Morgan fingerprint density at radius 1 is 1.40 bits per heavy atom. The zero-order valence-electron chi connectivity index (χ0n) is 12.1. The standard InChI is InChI=1S/C16H24N2OS/c1-19-14-6-7-18(13(8-14)9-17)10-12-11-20-16-5-3-2-4-15(12)16/h2-5,12-14H,6-11,17H2,1H3. The molecule has 0 saturated carbocycles. The molecule has 2 heterocycles. The maximum absolute atomic E-state index is 5.98. The van der Waals surface area contributed by atoms with E-state index >= 15 is 0 Å². The number of nitrogens with zero attached hydrogens (tertiary/aromatic N) is 1. The minimum atomic E-state index is 0.394. The third-order valence-electron chi connectivity index (χ3n) is 4.65. The Morgan fingerprint density at radius 3 is 3.05 bits per heavy atom. The fraction of sp³-hybridized carbons (Fsp3) is 0.625. The van der Waals surface area contributed by atoms with E-state index in [0.29, 0.717) is 18.1 Å². The topological polar surface area (TPSA) is 38.5 Å². The van der Waals surface area contributed by atoms with Crippen molar-refractivity contribution in [2.45, 2.75) is 35.8 Å². The minimum absolute atomic E-state index is 0.394. The summed E-state index contributed by atoms with van der Waals surface area (Å²) in [6.07, 6.45) is 2.60. The molecule has 1 fully saturated rings. The van der Waals surface area contributed by atoms with Crippen molar-refractivity contribution in [1.82, 2.24) is 4.90 Å². The SMILES string of the molecule is COC1CCN(CC2CSc3ccccc32)C(CN)C1. The number of fused-ring (bicyclic) bond motifs is 1. The number of piperidine rings is 1. The second kappa shape index (κ2) is 6.48. The summed E-state index contributed by atoms with van der Waals surface area (Å²) in [5.41, 5.74) is 7.51. The van der Waals surface area contributed by atoms with Gasteiger partial charge >= 0.3 is 0 Å². The van der Waals surface area contributed by atoms with E-state index in [1.54, 1.807) is 0 Å². The molecule has 3 atom stereocenters. The Hall–Kier alpha value is -0.550. The van der Waals surface area contributed by atoms with E-state index in [1.807, 2.05) is 18.9 Å². The monoisotopic (exact) mass is 292 g/mol. The molecule has 3 unspecified atom stereocenters. The van der Waals surface area contributed by atoms with E-state index in [-0.39, 0.29) is 0 Å². The quantitative estimate of drug-likeness (QED) is 0.924. The fourth-order valence-electron chi connectivity index (χ4n) is 3.43. The average molecular weight is 292 g/mol. The van der Waals surface area contributed by atoms with Gasteiger partial charge in [0.1, 0.15) is 0 Å². The number of rotatable bonds is 4. The normalized spacial score (nSPS) is 30.4. The van der Waals surface area contributed by atoms with Gasteiger partial charge < -0.3 is 10.5 Å². The number of ether oxygens (including phenoxy) is 1. The van der Waals surface area contributed by atoms with Crippen LogP contribution in [0.2, 0.25) is 0 Å². The van der Waals surface area contributed by atoms with Crippen LogP contribution in [0.1, 0.15) is 24.3 Å². The first-order valence-corrected chi connectivity index (χ1v) is 8.49. The van der Waals surface area contributed by atoms with Gasteiger partial charge in [-0.1, -0.05) is 18.2 Å². The summed E-state index contributed by atoms with van der Waals surface area (Å²) in [5.74, 6) is 1.87. The van der Waals surface area contributed by atoms with Crippen molar-refractivity contribution in [2.75, 3.05) is 32.5 Å². The molecule has 0 bridgehead atoms. The highest BCUT2D eigenvalue weighted by Gasteiger charge is 2.31. The van der Waals surface area contributed by atoms with Gasteiger partial charge in [0.25, 0.3) is 0 Å². The van der Waals surface area contributed by atoms with Crippen LogP contribution in [0.5, 0.6) is 0 Å². The van der Waals surface area contributed by atoms with Crippen LogP contribution in [0.4, 0.5) is 0 Å². The van der Waals surface area contributed by atoms with E-state index < -0.39 is 0 Å². The van der Waals surface area contributed by atoms with Gasteiger partial charge in [-0.2, -0.15) is 0 Å². The van der Waals surface area contributed by atoms with Gasteiger partial charge in [-0.25, -0.2) is 0 Å². The van der Waals surface area contributed by atoms with Crippen molar-refractivity contribution in [2.24, 2.45) is 5.73 Å². The van der Waals surface area contributed by atoms with Crippen LogP contribution in [0.25, 0.3) is 0 Å². The van der Waals surface area contributed by atoms with Crippen molar-refractivity contribution in [1.29, 1.82) is 0 Å². The summed E-state index contributed by atoms with van der Waals surface area (Å²) < 4.78 is 5.51. The second-order valence-electron chi connectivity index (χ2n) is 5.81. The lowest BCUT2D eigenvalue weighted by Gasteiger charge is -2.39. The van der Waals surface area contributed by atoms with E-state index in [0.717, 1.165) is 32.5 Å². The smallest absolute Gasteiger partial charge is 0.0599 e. The molecule has 0 radical (unpaired) electrons. The first-order chi connectivity index (χ1) is 9.81. The van der Waals surface area contributed by atoms with Gasteiger partial charge in [-0.05, 0) is 24.5 Å². The zero-order valence-corrected chi connectivity index (χ0v) is 12.9. The van der Waals surface area contributed by atoms with E-state index in [4.69, 9.17) is 10.5 Å². The molecule has 3 rings (SSSR count). The number of hydrogen-bond acceptors (Lipinski definition) is 4. The molecule has 2 aliphatic heterocycles. The Balaban J connectivity index is 1.66. The van der Waals surface area contributed by atoms with Crippen molar-refractivity contribution in [3.63, 3.8) is 0 Å². The molecule has 0 amide bonds. The van der Waals surface area contributed by atoms with Gasteiger partial charge in [-0.15, -0.1) is 11.8 Å².